The molecule has 1 aromatic carbocycles. The Morgan fingerprint density at radius 3 is 3.06 bits per heavy atom. The molecule has 0 bridgehead atoms. The Hall–Kier alpha value is -0.540. The first-order chi connectivity index (χ1) is 7.75. The van der Waals surface area contributed by atoms with Crippen LogP contribution in [0.25, 0.3) is 0 Å². The van der Waals surface area contributed by atoms with E-state index in [2.05, 4.69) is 34.2 Å². The van der Waals surface area contributed by atoms with Crippen molar-refractivity contribution in [2.24, 2.45) is 0 Å². The molecule has 0 aromatic heterocycles. The molecule has 2 rings (SSSR count). The second-order valence-corrected chi connectivity index (χ2v) is 5.28. The molecule has 0 radical (unpaired) electrons. The minimum absolute atomic E-state index is 0.520. The van der Waals surface area contributed by atoms with Crippen LogP contribution in [0.2, 0.25) is 0 Å². The highest BCUT2D eigenvalue weighted by molar-refractivity contribution is 9.10. The number of benzene rings is 1. The summed E-state index contributed by atoms with van der Waals surface area (Å²) in [5.41, 5.74) is 1.19. The zero-order valence-electron chi connectivity index (χ0n) is 9.63. The van der Waals surface area contributed by atoms with Crippen molar-refractivity contribution in [1.29, 1.82) is 0 Å². The van der Waals surface area contributed by atoms with E-state index in [4.69, 9.17) is 4.74 Å². The van der Waals surface area contributed by atoms with Crippen LogP contribution in [0.3, 0.4) is 0 Å². The lowest BCUT2D eigenvalue weighted by atomic mass is 10.1. The van der Waals surface area contributed by atoms with Gasteiger partial charge < -0.3 is 10.1 Å². The van der Waals surface area contributed by atoms with Crippen LogP contribution in [0, 0.1) is 6.92 Å². The van der Waals surface area contributed by atoms with E-state index in [9.17, 15) is 0 Å². The van der Waals surface area contributed by atoms with Gasteiger partial charge in [-0.3, -0.25) is 0 Å². The Labute approximate surface area is 106 Å². The van der Waals surface area contributed by atoms with E-state index < -0.39 is 0 Å². The maximum absolute atomic E-state index is 5.86. The summed E-state index contributed by atoms with van der Waals surface area (Å²) in [6.45, 7) is 3.98. The van der Waals surface area contributed by atoms with Gasteiger partial charge in [-0.25, -0.2) is 0 Å². The second-order valence-electron chi connectivity index (χ2n) is 4.37. The van der Waals surface area contributed by atoms with Crippen LogP contribution in [-0.2, 0) is 0 Å². The zero-order chi connectivity index (χ0) is 11.4. The first-order valence-electron chi connectivity index (χ1n) is 5.88. The molecular weight excluding hydrogens is 266 g/mol. The Morgan fingerprint density at radius 1 is 1.44 bits per heavy atom. The van der Waals surface area contributed by atoms with E-state index in [0.717, 1.165) is 23.4 Å². The molecule has 1 fully saturated rings. The van der Waals surface area contributed by atoms with Crippen LogP contribution in [-0.4, -0.2) is 19.2 Å². The number of ether oxygens (including phenoxy) is 1. The van der Waals surface area contributed by atoms with Crippen LogP contribution >= 0.6 is 15.9 Å². The lowest BCUT2D eigenvalue weighted by molar-refractivity contribution is 0.238. The van der Waals surface area contributed by atoms with Gasteiger partial charge in [-0.2, -0.15) is 0 Å². The molecule has 0 amide bonds. The fraction of sp³-hybridized carbons (Fsp3) is 0.538. The van der Waals surface area contributed by atoms with Crippen molar-refractivity contribution in [3.05, 3.63) is 28.2 Å². The Kier molecular flexibility index (Phi) is 4.24. The molecule has 1 unspecified atom stereocenters. The van der Waals surface area contributed by atoms with E-state index in [0.29, 0.717) is 6.04 Å². The fourth-order valence-electron chi connectivity index (χ4n) is 1.99. The van der Waals surface area contributed by atoms with Gasteiger partial charge in [0.1, 0.15) is 12.4 Å². The quantitative estimate of drug-likeness (QED) is 0.919. The lowest BCUT2D eigenvalue weighted by Gasteiger charge is -2.23. The van der Waals surface area contributed by atoms with Gasteiger partial charge in [0.15, 0.2) is 0 Å². The van der Waals surface area contributed by atoms with Crippen molar-refractivity contribution in [2.75, 3.05) is 13.2 Å². The van der Waals surface area contributed by atoms with Crippen molar-refractivity contribution in [1.82, 2.24) is 5.32 Å². The van der Waals surface area contributed by atoms with Crippen molar-refractivity contribution in [2.45, 2.75) is 32.2 Å². The Morgan fingerprint density at radius 2 is 2.31 bits per heavy atom. The highest BCUT2D eigenvalue weighted by atomic mass is 79.9. The number of hydrogen-bond donors (Lipinski definition) is 1. The van der Waals surface area contributed by atoms with Crippen molar-refractivity contribution >= 4 is 15.9 Å². The maximum atomic E-state index is 5.86. The molecule has 0 saturated carbocycles. The summed E-state index contributed by atoms with van der Waals surface area (Å²) < 4.78 is 6.94. The monoisotopic (exact) mass is 283 g/mol. The van der Waals surface area contributed by atoms with Gasteiger partial charge in [-0.05, 0) is 44.0 Å². The predicted molar refractivity (Wildman–Crippen MR) is 70.0 cm³/mol. The van der Waals surface area contributed by atoms with Crippen molar-refractivity contribution in [3.63, 3.8) is 0 Å². The van der Waals surface area contributed by atoms with E-state index in [1.165, 1.54) is 24.8 Å². The van der Waals surface area contributed by atoms with Crippen LogP contribution < -0.4 is 10.1 Å². The fourth-order valence-corrected chi connectivity index (χ4v) is 2.33. The average Bonchev–Trinajstić information content (AvgIpc) is 2.32. The van der Waals surface area contributed by atoms with E-state index in [1.807, 2.05) is 12.1 Å². The van der Waals surface area contributed by atoms with Crippen molar-refractivity contribution < 1.29 is 4.74 Å². The molecule has 0 aliphatic carbocycles. The third-order valence-corrected chi connectivity index (χ3v) is 3.50. The van der Waals surface area contributed by atoms with Gasteiger partial charge in [0.25, 0.3) is 0 Å². The van der Waals surface area contributed by atoms with Crippen LogP contribution in [0.4, 0.5) is 0 Å². The van der Waals surface area contributed by atoms with Gasteiger partial charge in [0.2, 0.25) is 0 Å². The summed E-state index contributed by atoms with van der Waals surface area (Å²) in [6.07, 6.45) is 3.85. The molecule has 88 valence electrons. The van der Waals surface area contributed by atoms with Crippen LogP contribution in [0.5, 0.6) is 5.75 Å². The molecule has 1 aliphatic heterocycles. The van der Waals surface area contributed by atoms with Crippen LogP contribution in [0.1, 0.15) is 24.8 Å². The Bertz CT molecular complexity index is 348. The van der Waals surface area contributed by atoms with Gasteiger partial charge in [-0.1, -0.05) is 28.4 Å². The maximum Gasteiger partial charge on any atom is 0.123 e. The summed E-state index contributed by atoms with van der Waals surface area (Å²) in [6, 6.07) is 6.68. The molecule has 1 saturated heterocycles. The minimum atomic E-state index is 0.520. The zero-order valence-corrected chi connectivity index (χ0v) is 11.2. The topological polar surface area (TPSA) is 21.3 Å². The normalized spacial score (nSPS) is 20.8. The summed E-state index contributed by atoms with van der Waals surface area (Å²) in [7, 11) is 0. The third kappa shape index (κ3) is 3.22. The Balaban J connectivity index is 1.90. The molecule has 3 heteroatoms. The number of aryl methyl sites for hydroxylation is 1. The molecule has 1 heterocycles. The number of hydrogen-bond acceptors (Lipinski definition) is 2. The average molecular weight is 284 g/mol. The molecule has 1 aliphatic rings. The van der Waals surface area contributed by atoms with Gasteiger partial charge in [0.05, 0.1) is 0 Å². The second kappa shape index (κ2) is 5.69. The number of rotatable bonds is 3. The summed E-state index contributed by atoms with van der Waals surface area (Å²) >= 11 is 3.47. The highest BCUT2D eigenvalue weighted by Gasteiger charge is 2.13. The lowest BCUT2D eigenvalue weighted by Crippen LogP contribution is -2.38. The third-order valence-electron chi connectivity index (χ3n) is 3.00. The van der Waals surface area contributed by atoms with Crippen LogP contribution in [0.15, 0.2) is 22.7 Å². The molecular formula is C13H18BrNO. The molecule has 1 N–H and O–H groups in total. The minimum Gasteiger partial charge on any atom is -0.492 e. The first kappa shape index (κ1) is 11.9. The molecule has 1 aromatic rings. The van der Waals surface area contributed by atoms with E-state index in [-0.39, 0.29) is 0 Å². The van der Waals surface area contributed by atoms with E-state index in [1.54, 1.807) is 0 Å². The summed E-state index contributed by atoms with van der Waals surface area (Å²) in [5, 5.41) is 3.49. The number of piperidine rings is 1. The largest absolute Gasteiger partial charge is 0.492 e. The molecule has 0 spiro atoms. The smallest absolute Gasteiger partial charge is 0.123 e. The summed E-state index contributed by atoms with van der Waals surface area (Å²) in [5.74, 6) is 0.988. The molecule has 16 heavy (non-hydrogen) atoms. The van der Waals surface area contributed by atoms with E-state index >= 15 is 0 Å². The predicted octanol–water partition coefficient (Wildman–Crippen LogP) is 3.28. The molecule has 1 atom stereocenters. The first-order valence-corrected chi connectivity index (χ1v) is 6.67. The number of halogens is 1. The molecule has 2 nitrogen and oxygen atoms in total. The number of nitrogens with one attached hydrogen (secondary N) is 1. The standard InChI is InChI=1S/C13H18BrNO/c1-10-5-6-11(14)8-13(10)16-9-12-4-2-3-7-15-12/h5-6,8,12,15H,2-4,7,9H2,1H3. The van der Waals surface area contributed by atoms with Gasteiger partial charge in [-0.15, -0.1) is 0 Å². The summed E-state index contributed by atoms with van der Waals surface area (Å²) in [4.78, 5) is 0. The van der Waals surface area contributed by atoms with Gasteiger partial charge in [0, 0.05) is 10.5 Å². The SMILES string of the molecule is Cc1ccc(Br)cc1OCC1CCCCN1. The van der Waals surface area contributed by atoms with Crippen molar-refractivity contribution in [3.8, 4) is 5.75 Å². The highest BCUT2D eigenvalue weighted by Crippen LogP contribution is 2.23. The van der Waals surface area contributed by atoms with Gasteiger partial charge >= 0.3 is 0 Å².